The van der Waals surface area contributed by atoms with Crippen LogP contribution in [0.15, 0.2) is 29.3 Å². The lowest BCUT2D eigenvalue weighted by Gasteiger charge is -2.08. The molecule has 3 aromatic rings. The van der Waals surface area contributed by atoms with E-state index in [0.717, 1.165) is 33.9 Å². The molecule has 2 aromatic heterocycles. The Bertz CT molecular complexity index is 998. The van der Waals surface area contributed by atoms with Gasteiger partial charge in [-0.2, -0.15) is 0 Å². The van der Waals surface area contributed by atoms with E-state index >= 15 is 0 Å². The summed E-state index contributed by atoms with van der Waals surface area (Å²) in [6.07, 6.45) is 2.28. The van der Waals surface area contributed by atoms with Crippen molar-refractivity contribution in [3.8, 4) is 0 Å². The number of nitrogens with zero attached hydrogens (tertiary/aromatic N) is 2. The SMILES string of the molecule is Cc1sc2nc(C3CC3)nc(SCC(=O)Nc3cccc(F)c3)c2c1C. The Morgan fingerprint density at radius 2 is 2.15 bits per heavy atom. The predicted octanol–water partition coefficient (Wildman–Crippen LogP) is 5.06. The number of hydrogen-bond acceptors (Lipinski definition) is 5. The summed E-state index contributed by atoms with van der Waals surface area (Å²) in [6, 6.07) is 5.91. The summed E-state index contributed by atoms with van der Waals surface area (Å²) in [5, 5.41) is 4.65. The number of carbonyl (C=O) groups excluding carboxylic acids is 1. The Kier molecular flexibility index (Phi) is 4.67. The molecule has 0 atom stereocenters. The summed E-state index contributed by atoms with van der Waals surface area (Å²) in [7, 11) is 0. The van der Waals surface area contributed by atoms with E-state index < -0.39 is 0 Å². The van der Waals surface area contributed by atoms with Gasteiger partial charge in [0.2, 0.25) is 5.91 Å². The predicted molar refractivity (Wildman–Crippen MR) is 105 cm³/mol. The first-order valence-corrected chi connectivity index (χ1v) is 10.3. The molecule has 1 amide bonds. The zero-order valence-corrected chi connectivity index (χ0v) is 16.1. The van der Waals surface area contributed by atoms with Crippen LogP contribution in [0.1, 0.15) is 35.0 Å². The second-order valence-corrected chi connectivity index (χ2v) is 8.64. The third-order valence-electron chi connectivity index (χ3n) is 4.40. The number of thioether (sulfide) groups is 1. The number of aryl methyl sites for hydroxylation is 2. The number of carbonyl (C=O) groups is 1. The van der Waals surface area contributed by atoms with E-state index in [0.29, 0.717) is 11.6 Å². The molecule has 2 heterocycles. The van der Waals surface area contributed by atoms with Gasteiger partial charge >= 0.3 is 0 Å². The summed E-state index contributed by atoms with van der Waals surface area (Å²) in [6.45, 7) is 4.16. The maximum absolute atomic E-state index is 13.2. The van der Waals surface area contributed by atoms with Crippen LogP contribution >= 0.6 is 23.1 Å². The molecule has 4 rings (SSSR count). The van der Waals surface area contributed by atoms with Gasteiger partial charge in [-0.05, 0) is 50.5 Å². The number of anilines is 1. The molecule has 1 aliphatic rings. The van der Waals surface area contributed by atoms with Crippen LogP contribution < -0.4 is 5.32 Å². The van der Waals surface area contributed by atoms with Crippen molar-refractivity contribution in [2.45, 2.75) is 37.6 Å². The van der Waals surface area contributed by atoms with Crippen LogP contribution in [0, 0.1) is 19.7 Å². The number of benzene rings is 1. The standard InChI is InChI=1S/C19H18FN3OS2/c1-10-11(2)26-19-16(10)18(22-17(23-19)12-6-7-12)25-9-15(24)21-14-5-3-4-13(20)8-14/h3-5,8,12H,6-7,9H2,1-2H3,(H,21,24). The molecule has 0 spiro atoms. The Morgan fingerprint density at radius 3 is 2.88 bits per heavy atom. The monoisotopic (exact) mass is 387 g/mol. The molecule has 1 saturated carbocycles. The minimum Gasteiger partial charge on any atom is -0.325 e. The van der Waals surface area contributed by atoms with Gasteiger partial charge in [0.1, 0.15) is 21.5 Å². The quantitative estimate of drug-likeness (QED) is 0.491. The molecule has 1 N–H and O–H groups in total. The lowest BCUT2D eigenvalue weighted by Crippen LogP contribution is -2.14. The highest BCUT2D eigenvalue weighted by Crippen LogP contribution is 2.42. The summed E-state index contributed by atoms with van der Waals surface area (Å²) in [4.78, 5) is 24.0. The zero-order valence-electron chi connectivity index (χ0n) is 14.5. The van der Waals surface area contributed by atoms with E-state index in [-0.39, 0.29) is 17.5 Å². The van der Waals surface area contributed by atoms with E-state index in [1.807, 2.05) is 0 Å². The lowest BCUT2D eigenvalue weighted by molar-refractivity contribution is -0.113. The van der Waals surface area contributed by atoms with Gasteiger partial charge in [-0.25, -0.2) is 14.4 Å². The van der Waals surface area contributed by atoms with E-state index in [2.05, 4.69) is 19.2 Å². The molecule has 7 heteroatoms. The molecule has 1 aromatic carbocycles. The number of amides is 1. The molecule has 134 valence electrons. The zero-order chi connectivity index (χ0) is 18.3. The average Bonchev–Trinajstić information content (AvgIpc) is 3.40. The number of aromatic nitrogens is 2. The van der Waals surface area contributed by atoms with Crippen molar-refractivity contribution in [1.82, 2.24) is 9.97 Å². The Labute approximate surface area is 159 Å². The number of nitrogens with one attached hydrogen (secondary N) is 1. The highest BCUT2D eigenvalue weighted by molar-refractivity contribution is 8.00. The van der Waals surface area contributed by atoms with Gasteiger partial charge in [0.15, 0.2) is 0 Å². The third kappa shape index (κ3) is 3.59. The van der Waals surface area contributed by atoms with Crippen LogP contribution in [-0.2, 0) is 4.79 Å². The van der Waals surface area contributed by atoms with Crippen LogP contribution in [0.4, 0.5) is 10.1 Å². The van der Waals surface area contributed by atoms with E-state index in [1.165, 1.54) is 34.3 Å². The minimum absolute atomic E-state index is 0.176. The largest absolute Gasteiger partial charge is 0.325 e. The number of fused-ring (bicyclic) bond motifs is 1. The summed E-state index contributed by atoms with van der Waals surface area (Å²) >= 11 is 3.10. The fraction of sp³-hybridized carbons (Fsp3) is 0.316. The van der Waals surface area contributed by atoms with Crippen LogP contribution in [0.3, 0.4) is 0 Å². The smallest absolute Gasteiger partial charge is 0.234 e. The molecule has 0 bridgehead atoms. The van der Waals surface area contributed by atoms with Gasteiger partial charge in [-0.3, -0.25) is 4.79 Å². The molecule has 4 nitrogen and oxygen atoms in total. The molecule has 0 unspecified atom stereocenters. The lowest BCUT2D eigenvalue weighted by atomic mass is 10.2. The van der Waals surface area contributed by atoms with Crippen molar-refractivity contribution in [3.05, 3.63) is 46.3 Å². The first-order valence-electron chi connectivity index (χ1n) is 8.47. The number of rotatable bonds is 5. The van der Waals surface area contributed by atoms with Crippen LogP contribution in [0.5, 0.6) is 0 Å². The topological polar surface area (TPSA) is 54.9 Å². The van der Waals surface area contributed by atoms with E-state index in [1.54, 1.807) is 23.5 Å². The Hall–Kier alpha value is -1.99. The minimum atomic E-state index is -0.369. The second-order valence-electron chi connectivity index (χ2n) is 6.47. The molecule has 0 aliphatic heterocycles. The Morgan fingerprint density at radius 1 is 1.35 bits per heavy atom. The summed E-state index contributed by atoms with van der Waals surface area (Å²) in [5.41, 5.74) is 1.64. The number of halogens is 1. The van der Waals surface area contributed by atoms with Crippen molar-refractivity contribution < 1.29 is 9.18 Å². The van der Waals surface area contributed by atoms with E-state index in [4.69, 9.17) is 9.97 Å². The first-order chi connectivity index (χ1) is 12.5. The molecule has 1 aliphatic carbocycles. The van der Waals surface area contributed by atoms with Crippen molar-refractivity contribution in [1.29, 1.82) is 0 Å². The highest BCUT2D eigenvalue weighted by atomic mass is 32.2. The maximum Gasteiger partial charge on any atom is 0.234 e. The normalized spacial score (nSPS) is 14.0. The van der Waals surface area contributed by atoms with Crippen molar-refractivity contribution >= 4 is 44.9 Å². The molecule has 0 saturated heterocycles. The molecular weight excluding hydrogens is 369 g/mol. The van der Waals surface area contributed by atoms with Gasteiger partial charge in [0.05, 0.1) is 5.75 Å². The van der Waals surface area contributed by atoms with Crippen molar-refractivity contribution in [3.63, 3.8) is 0 Å². The highest BCUT2D eigenvalue weighted by Gasteiger charge is 2.28. The van der Waals surface area contributed by atoms with Crippen LogP contribution in [0.2, 0.25) is 0 Å². The van der Waals surface area contributed by atoms with E-state index in [9.17, 15) is 9.18 Å². The molecule has 0 radical (unpaired) electrons. The second kappa shape index (κ2) is 6.96. The van der Waals surface area contributed by atoms with Gasteiger partial charge in [0, 0.05) is 21.9 Å². The first kappa shape index (κ1) is 17.4. The number of thiophene rings is 1. The molecule has 26 heavy (non-hydrogen) atoms. The summed E-state index contributed by atoms with van der Waals surface area (Å²) in [5.74, 6) is 1.03. The van der Waals surface area contributed by atoms with Crippen LogP contribution in [-0.4, -0.2) is 21.6 Å². The van der Waals surface area contributed by atoms with Crippen molar-refractivity contribution in [2.75, 3.05) is 11.1 Å². The fourth-order valence-corrected chi connectivity index (χ4v) is 4.75. The van der Waals surface area contributed by atoms with Gasteiger partial charge in [0.25, 0.3) is 0 Å². The average molecular weight is 388 g/mol. The molecule has 1 fully saturated rings. The Balaban J connectivity index is 1.55. The van der Waals surface area contributed by atoms with Gasteiger partial charge < -0.3 is 5.32 Å². The van der Waals surface area contributed by atoms with Gasteiger partial charge in [-0.15, -0.1) is 11.3 Å². The van der Waals surface area contributed by atoms with Crippen molar-refractivity contribution in [2.24, 2.45) is 0 Å². The number of hydrogen-bond donors (Lipinski definition) is 1. The molecular formula is C19H18FN3OS2. The van der Waals surface area contributed by atoms with Gasteiger partial charge in [-0.1, -0.05) is 17.8 Å². The fourth-order valence-electron chi connectivity index (χ4n) is 2.75. The third-order valence-corrected chi connectivity index (χ3v) is 6.48. The summed E-state index contributed by atoms with van der Waals surface area (Å²) < 4.78 is 13.2. The van der Waals surface area contributed by atoms with Crippen LogP contribution in [0.25, 0.3) is 10.2 Å². The maximum atomic E-state index is 13.2.